The zero-order valence-corrected chi connectivity index (χ0v) is 52.2. The van der Waals surface area contributed by atoms with Crippen molar-refractivity contribution in [3.05, 3.63) is 312 Å². The van der Waals surface area contributed by atoms with Gasteiger partial charge in [-0.3, -0.25) is 0 Å². The van der Waals surface area contributed by atoms with Crippen molar-refractivity contribution >= 4 is 85.2 Å². The van der Waals surface area contributed by atoms with E-state index in [1.54, 1.807) is 0 Å². The quantitative estimate of drug-likeness (QED) is 0.141. The molecule has 434 valence electrons. The highest BCUT2D eigenvalue weighted by Crippen LogP contribution is 2.62. The number of hydrogen-bond acceptors (Lipinski definition) is 4. The zero-order chi connectivity index (χ0) is 60.8. The van der Waals surface area contributed by atoms with Crippen LogP contribution in [0.25, 0.3) is 55.3 Å². The molecule has 4 nitrogen and oxygen atoms in total. The molecule has 0 N–H and O–H groups in total. The fourth-order valence-corrected chi connectivity index (χ4v) is 16.1. The van der Waals surface area contributed by atoms with Gasteiger partial charge in [0.2, 0.25) is 0 Å². The van der Waals surface area contributed by atoms with E-state index in [9.17, 15) is 0 Å². The summed E-state index contributed by atoms with van der Waals surface area (Å²) in [6.07, 6.45) is 2.22. The van der Waals surface area contributed by atoms with E-state index in [-0.39, 0.29) is 23.1 Å². The van der Waals surface area contributed by atoms with E-state index in [1.807, 2.05) is 0 Å². The topological polar surface area (TPSA) is 22.9 Å². The first-order valence-corrected chi connectivity index (χ1v) is 32.1. The third-order valence-electron chi connectivity index (χ3n) is 20.7. The number of rotatable bonds is 8. The Hall–Kier alpha value is -10.1. The average molecular weight is 1160 g/mol. The maximum absolute atomic E-state index is 7.44. The first-order valence-electron chi connectivity index (χ1n) is 32.1. The van der Waals surface area contributed by atoms with Crippen LogP contribution in [-0.4, -0.2) is 6.85 Å². The number of anilines is 8. The van der Waals surface area contributed by atoms with Gasteiger partial charge in [0.15, 0.2) is 0 Å². The summed E-state index contributed by atoms with van der Waals surface area (Å²) in [7, 11) is 0. The minimum Gasteiger partial charge on any atom is -0.455 e. The molecular weight excluding hydrogens is 1090 g/mol. The van der Waals surface area contributed by atoms with Gasteiger partial charge in [-0.25, -0.2) is 0 Å². The average Bonchev–Trinajstić information content (AvgIpc) is 0.863. The minimum atomic E-state index is -0.698. The predicted molar refractivity (Wildman–Crippen MR) is 379 cm³/mol. The molecule has 90 heavy (non-hydrogen) atoms. The van der Waals surface area contributed by atoms with E-state index in [1.165, 1.54) is 89.2 Å². The van der Waals surface area contributed by atoms with Gasteiger partial charge in [-0.2, -0.15) is 0 Å². The second-order valence-electron chi connectivity index (χ2n) is 27.8. The summed E-state index contributed by atoms with van der Waals surface area (Å²) in [5, 5.41) is 2.21. The molecule has 0 saturated carbocycles. The van der Waals surface area contributed by atoms with E-state index in [0.29, 0.717) is 0 Å². The summed E-state index contributed by atoms with van der Waals surface area (Å²) in [5.41, 5.74) is 28.7. The Balaban J connectivity index is 0.997. The molecule has 4 heterocycles. The fourth-order valence-electron chi connectivity index (χ4n) is 16.1. The largest absolute Gasteiger partial charge is 0.455 e. The van der Waals surface area contributed by atoms with Crippen molar-refractivity contribution in [2.45, 2.75) is 83.0 Å². The Kier molecular flexibility index (Phi) is 12.0. The van der Waals surface area contributed by atoms with Crippen LogP contribution in [-0.2, 0) is 21.7 Å². The van der Waals surface area contributed by atoms with Gasteiger partial charge >= 0.3 is 6.85 Å². The van der Waals surface area contributed by atoms with Gasteiger partial charge in [0, 0.05) is 61.7 Å². The molecule has 0 amide bonds. The summed E-state index contributed by atoms with van der Waals surface area (Å²) < 4.78 is 7.44. The predicted octanol–water partition coefficient (Wildman–Crippen LogP) is 21.4. The van der Waals surface area contributed by atoms with Gasteiger partial charge in [-0.1, -0.05) is 249 Å². The van der Waals surface area contributed by atoms with Crippen LogP contribution in [0.4, 0.5) is 45.5 Å². The molecular formula is C85H70BN3O. The SMILES string of the molecule is CC(C)(C)c1ccc(N(c2ccc(-c3ccccc3)cc2)c2ccc3c(c2)-c2c4c(cc5c2oc2ccccc25)N2c5cc6c(cc5C(c5ccccc5)(c5ccccc5)c5cccc(c52)B4N3c2ccc(-c3ccccc3)cc2)C(C)(C)CCC6(C)C)cc1. The Morgan fingerprint density at radius 2 is 0.967 bits per heavy atom. The fraction of sp³-hybridized carbons (Fsp3) is 0.153. The molecule has 13 aromatic rings. The summed E-state index contributed by atoms with van der Waals surface area (Å²) in [6, 6.07) is 103. The maximum Gasteiger partial charge on any atom is 0.333 e. The second kappa shape index (κ2) is 20.0. The Morgan fingerprint density at radius 3 is 1.58 bits per heavy atom. The van der Waals surface area contributed by atoms with Crippen molar-refractivity contribution in [3.8, 4) is 33.4 Å². The summed E-state index contributed by atoms with van der Waals surface area (Å²) in [5.74, 6) is 0. The molecule has 0 saturated heterocycles. The Labute approximate surface area is 529 Å². The summed E-state index contributed by atoms with van der Waals surface area (Å²) in [6.45, 7) is 16.5. The van der Waals surface area contributed by atoms with Gasteiger partial charge in [0.25, 0.3) is 0 Å². The lowest BCUT2D eigenvalue weighted by Gasteiger charge is -2.53. The van der Waals surface area contributed by atoms with E-state index in [4.69, 9.17) is 4.42 Å². The molecule has 0 spiro atoms. The van der Waals surface area contributed by atoms with Crippen molar-refractivity contribution < 1.29 is 4.42 Å². The van der Waals surface area contributed by atoms with E-state index in [0.717, 1.165) is 74.3 Å². The molecule has 4 aliphatic rings. The van der Waals surface area contributed by atoms with Crippen LogP contribution in [0.1, 0.15) is 100 Å². The van der Waals surface area contributed by atoms with Crippen molar-refractivity contribution in [1.29, 1.82) is 0 Å². The lowest BCUT2D eigenvalue weighted by molar-refractivity contribution is 0.331. The third-order valence-corrected chi connectivity index (χ3v) is 20.7. The van der Waals surface area contributed by atoms with Crippen LogP contribution < -0.4 is 25.5 Å². The number of nitrogens with zero attached hydrogens (tertiary/aromatic N) is 3. The normalized spacial score (nSPS) is 15.4. The van der Waals surface area contributed by atoms with Gasteiger partial charge in [-0.05, 0) is 174 Å². The van der Waals surface area contributed by atoms with Crippen LogP contribution >= 0.6 is 0 Å². The molecule has 0 atom stereocenters. The van der Waals surface area contributed by atoms with Crippen molar-refractivity contribution in [3.63, 3.8) is 0 Å². The minimum absolute atomic E-state index is 0.0127. The maximum atomic E-state index is 7.44. The van der Waals surface area contributed by atoms with Gasteiger partial charge in [0.1, 0.15) is 11.2 Å². The first kappa shape index (κ1) is 54.1. The zero-order valence-electron chi connectivity index (χ0n) is 52.2. The smallest absolute Gasteiger partial charge is 0.333 e. The second-order valence-corrected chi connectivity index (χ2v) is 27.8. The van der Waals surface area contributed by atoms with Crippen molar-refractivity contribution in [2.24, 2.45) is 0 Å². The number of furan rings is 1. The Morgan fingerprint density at radius 1 is 0.433 bits per heavy atom. The third kappa shape index (κ3) is 8.07. The standard InChI is InChI=1S/C85H70BN3O/c1-82(2,3)59-39-45-63(46-40-59)87(62-41-35-57(36-42-62)55-23-12-8-13-24-55)65-47-48-74-68(51-65)78-79-76(52-67-66-31-20-21-34-77(66)90-81(67)78)88-75-54-71-70(83(4,5)49-50-84(71,6)7)53-72(75)85(60-27-16-10-17-28-60,61-29-18-11-19-30-61)69-32-22-33-73(80(69)88)86(79)89(74)64-43-37-58(38-44-64)56-25-14-9-15-26-56/h8-48,51-54H,49-50H2,1-7H3. The molecule has 17 rings (SSSR count). The summed E-state index contributed by atoms with van der Waals surface area (Å²) >= 11 is 0. The monoisotopic (exact) mass is 1160 g/mol. The molecule has 0 unspecified atom stereocenters. The number of fused-ring (bicyclic) bond motifs is 11. The van der Waals surface area contributed by atoms with Gasteiger partial charge < -0.3 is 19.0 Å². The number of hydrogen-bond donors (Lipinski definition) is 0. The molecule has 12 aromatic carbocycles. The van der Waals surface area contributed by atoms with Crippen LogP contribution in [0.2, 0.25) is 0 Å². The number of benzene rings is 12. The van der Waals surface area contributed by atoms with E-state index >= 15 is 0 Å². The number of para-hydroxylation sites is 2. The van der Waals surface area contributed by atoms with Gasteiger partial charge in [-0.15, -0.1) is 0 Å². The van der Waals surface area contributed by atoms with Crippen LogP contribution in [0.15, 0.2) is 277 Å². The van der Waals surface area contributed by atoms with Crippen LogP contribution in [0.3, 0.4) is 0 Å². The molecule has 1 aromatic heterocycles. The lowest BCUT2D eigenvalue weighted by Crippen LogP contribution is -2.62. The highest BCUT2D eigenvalue weighted by molar-refractivity contribution is 6.94. The van der Waals surface area contributed by atoms with Crippen LogP contribution in [0, 0.1) is 0 Å². The molecule has 3 aliphatic heterocycles. The molecule has 0 radical (unpaired) electrons. The molecule has 1 aliphatic carbocycles. The highest BCUT2D eigenvalue weighted by Gasteiger charge is 2.55. The van der Waals surface area contributed by atoms with E-state index in [2.05, 4.69) is 336 Å². The van der Waals surface area contributed by atoms with Crippen LogP contribution in [0.5, 0.6) is 0 Å². The van der Waals surface area contributed by atoms with Crippen molar-refractivity contribution in [1.82, 2.24) is 0 Å². The van der Waals surface area contributed by atoms with Crippen molar-refractivity contribution in [2.75, 3.05) is 14.6 Å². The molecule has 0 fully saturated rings. The van der Waals surface area contributed by atoms with Gasteiger partial charge in [0.05, 0.1) is 11.1 Å². The highest BCUT2D eigenvalue weighted by atomic mass is 16.3. The van der Waals surface area contributed by atoms with E-state index < -0.39 is 5.41 Å². The molecule has 5 heteroatoms. The first-order chi connectivity index (χ1) is 43.8. The Bertz CT molecular complexity index is 4930. The molecule has 0 bridgehead atoms. The summed E-state index contributed by atoms with van der Waals surface area (Å²) in [4.78, 5) is 7.83. The lowest BCUT2D eigenvalue weighted by atomic mass is 9.42.